The van der Waals surface area contributed by atoms with Gasteiger partial charge in [0.15, 0.2) is 18.1 Å². The highest BCUT2D eigenvalue weighted by Gasteiger charge is 2.13. The monoisotopic (exact) mass is 419 g/mol. The molecule has 0 heterocycles. The first-order valence-electron chi connectivity index (χ1n) is 9.06. The summed E-state index contributed by atoms with van der Waals surface area (Å²) in [6.07, 6.45) is 2.55. The van der Waals surface area contributed by atoms with Gasteiger partial charge in [0.1, 0.15) is 0 Å². The van der Waals surface area contributed by atoms with Crippen molar-refractivity contribution in [1.29, 1.82) is 0 Å². The third-order valence-electron chi connectivity index (χ3n) is 4.25. The molecule has 0 aliphatic carbocycles. The summed E-state index contributed by atoms with van der Waals surface area (Å²) in [5.41, 5.74) is 2.58. The van der Waals surface area contributed by atoms with Gasteiger partial charge < -0.3 is 19.1 Å². The molecule has 0 fully saturated rings. The van der Waals surface area contributed by atoms with Gasteiger partial charge in [0, 0.05) is 19.7 Å². The highest BCUT2D eigenvalue weighted by Crippen LogP contribution is 2.29. The molecule has 2 aromatic rings. The second-order valence-electron chi connectivity index (χ2n) is 6.41. The molecule has 160 valence electrons. The number of carbonyl (C=O) groups is 2. The number of alkyl halides is 2. The van der Waals surface area contributed by atoms with E-state index < -0.39 is 19.2 Å². The van der Waals surface area contributed by atoms with E-state index in [2.05, 4.69) is 4.74 Å². The predicted octanol–water partition coefficient (Wildman–Crippen LogP) is 3.82. The number of hydrogen-bond acceptors (Lipinski definition) is 5. The lowest BCUT2D eigenvalue weighted by atomic mass is 10.1. The number of carbonyl (C=O) groups excluding carboxylic acids is 2. The van der Waals surface area contributed by atoms with Gasteiger partial charge in [-0.2, -0.15) is 8.78 Å². The molecule has 0 spiro atoms. The zero-order chi connectivity index (χ0) is 22.1. The number of rotatable bonds is 9. The molecule has 0 saturated carbocycles. The maximum Gasteiger partial charge on any atom is 0.387 e. The van der Waals surface area contributed by atoms with Crippen molar-refractivity contribution in [2.75, 3.05) is 20.8 Å². The fraction of sp³-hybridized carbons (Fsp3) is 0.273. The van der Waals surface area contributed by atoms with Gasteiger partial charge in [0.05, 0.1) is 7.11 Å². The Morgan fingerprint density at radius 2 is 1.87 bits per heavy atom. The Morgan fingerprint density at radius 1 is 1.13 bits per heavy atom. The van der Waals surface area contributed by atoms with Gasteiger partial charge in [-0.3, -0.25) is 4.79 Å². The van der Waals surface area contributed by atoms with Crippen LogP contribution in [0.5, 0.6) is 11.5 Å². The van der Waals surface area contributed by atoms with E-state index in [4.69, 9.17) is 9.47 Å². The molecular weight excluding hydrogens is 396 g/mol. The third kappa shape index (κ3) is 6.88. The van der Waals surface area contributed by atoms with Gasteiger partial charge in [-0.1, -0.05) is 30.3 Å². The number of ether oxygens (including phenoxy) is 3. The lowest BCUT2D eigenvalue weighted by molar-refractivity contribution is -0.147. The Hall–Kier alpha value is -3.42. The number of amides is 1. The summed E-state index contributed by atoms with van der Waals surface area (Å²) in [6, 6.07) is 11.9. The molecule has 0 aliphatic rings. The minimum atomic E-state index is -2.98. The second-order valence-corrected chi connectivity index (χ2v) is 6.41. The van der Waals surface area contributed by atoms with E-state index in [0.29, 0.717) is 12.1 Å². The van der Waals surface area contributed by atoms with Crippen molar-refractivity contribution in [2.45, 2.75) is 20.1 Å². The van der Waals surface area contributed by atoms with Crippen LogP contribution >= 0.6 is 0 Å². The van der Waals surface area contributed by atoms with Crippen LogP contribution in [-0.4, -0.2) is 44.2 Å². The van der Waals surface area contributed by atoms with E-state index >= 15 is 0 Å². The first-order chi connectivity index (χ1) is 14.3. The number of likely N-dealkylation sites (N-methyl/N-ethyl adjacent to an activating group) is 1. The zero-order valence-corrected chi connectivity index (χ0v) is 16.9. The second kappa shape index (κ2) is 10.9. The van der Waals surface area contributed by atoms with Crippen molar-refractivity contribution in [3.05, 3.63) is 65.2 Å². The summed E-state index contributed by atoms with van der Waals surface area (Å²) in [6.45, 7) is -1.00. The fourth-order valence-electron chi connectivity index (χ4n) is 2.57. The van der Waals surface area contributed by atoms with Crippen LogP contribution in [-0.2, 0) is 20.9 Å². The third-order valence-corrected chi connectivity index (χ3v) is 4.25. The summed E-state index contributed by atoms with van der Waals surface area (Å²) in [7, 11) is 2.95. The van der Waals surface area contributed by atoms with Gasteiger partial charge in [-0.25, -0.2) is 4.79 Å². The SMILES string of the molecule is COc1cc(/C=C/C(=O)OCC(=O)N(C)Cc2ccccc2C)ccc1OC(F)F. The summed E-state index contributed by atoms with van der Waals surface area (Å²) in [4.78, 5) is 25.5. The summed E-state index contributed by atoms with van der Waals surface area (Å²) >= 11 is 0. The van der Waals surface area contributed by atoms with Gasteiger partial charge in [0.2, 0.25) is 0 Å². The topological polar surface area (TPSA) is 65.1 Å². The maximum absolute atomic E-state index is 12.4. The molecule has 0 unspecified atom stereocenters. The molecular formula is C22H23F2NO5. The molecule has 1 amide bonds. The molecule has 0 aliphatic heterocycles. The summed E-state index contributed by atoms with van der Waals surface area (Å²) < 4.78 is 39.0. The molecule has 2 aromatic carbocycles. The predicted molar refractivity (Wildman–Crippen MR) is 107 cm³/mol. The number of halogens is 2. The molecule has 0 saturated heterocycles. The Morgan fingerprint density at radius 3 is 2.53 bits per heavy atom. The molecule has 30 heavy (non-hydrogen) atoms. The lowest BCUT2D eigenvalue weighted by Gasteiger charge is -2.18. The van der Waals surface area contributed by atoms with E-state index in [0.717, 1.165) is 17.2 Å². The van der Waals surface area contributed by atoms with Gasteiger partial charge in [-0.15, -0.1) is 0 Å². The first kappa shape index (κ1) is 22.9. The normalized spacial score (nSPS) is 10.9. The van der Waals surface area contributed by atoms with Crippen LogP contribution in [0.4, 0.5) is 8.78 Å². The van der Waals surface area contributed by atoms with E-state index in [1.807, 2.05) is 31.2 Å². The molecule has 0 N–H and O–H groups in total. The van der Waals surface area contributed by atoms with Crippen molar-refractivity contribution in [1.82, 2.24) is 4.90 Å². The average molecular weight is 419 g/mol. The number of hydrogen-bond donors (Lipinski definition) is 0. The average Bonchev–Trinajstić information content (AvgIpc) is 2.72. The van der Waals surface area contributed by atoms with Crippen LogP contribution in [0.25, 0.3) is 6.08 Å². The molecule has 2 rings (SSSR count). The minimum absolute atomic E-state index is 0.0961. The van der Waals surface area contributed by atoms with E-state index in [1.165, 1.54) is 36.3 Å². The highest BCUT2D eigenvalue weighted by molar-refractivity contribution is 5.89. The molecule has 0 bridgehead atoms. The maximum atomic E-state index is 12.4. The Kier molecular flexibility index (Phi) is 8.34. The van der Waals surface area contributed by atoms with Crippen molar-refractivity contribution in [3.63, 3.8) is 0 Å². The number of aryl methyl sites for hydroxylation is 1. The number of methoxy groups -OCH3 is 1. The largest absolute Gasteiger partial charge is 0.493 e. The van der Waals surface area contributed by atoms with Crippen LogP contribution in [0.15, 0.2) is 48.5 Å². The summed E-state index contributed by atoms with van der Waals surface area (Å²) in [5.74, 6) is -1.07. The van der Waals surface area contributed by atoms with Gasteiger partial charge >= 0.3 is 12.6 Å². The number of nitrogens with zero attached hydrogens (tertiary/aromatic N) is 1. The highest BCUT2D eigenvalue weighted by atomic mass is 19.3. The summed E-state index contributed by atoms with van der Waals surface area (Å²) in [5, 5.41) is 0. The van der Waals surface area contributed by atoms with Crippen LogP contribution in [0, 0.1) is 6.92 Å². The van der Waals surface area contributed by atoms with E-state index in [1.54, 1.807) is 7.05 Å². The Balaban J connectivity index is 1.88. The zero-order valence-electron chi connectivity index (χ0n) is 16.9. The van der Waals surface area contributed by atoms with Crippen LogP contribution in [0.3, 0.4) is 0 Å². The lowest BCUT2D eigenvalue weighted by Crippen LogP contribution is -2.30. The standard InChI is InChI=1S/C22H23F2NO5/c1-15-6-4-5-7-17(15)13-25(2)20(26)14-29-21(27)11-9-16-8-10-18(30-22(23)24)19(12-16)28-3/h4-12,22H,13-14H2,1-3H3/b11-9+. The van der Waals surface area contributed by atoms with Crippen molar-refractivity contribution in [3.8, 4) is 11.5 Å². The van der Waals surface area contributed by atoms with Crippen molar-refractivity contribution in [2.24, 2.45) is 0 Å². The number of esters is 1. The van der Waals surface area contributed by atoms with E-state index in [-0.39, 0.29) is 17.4 Å². The van der Waals surface area contributed by atoms with Gasteiger partial charge in [-0.05, 0) is 41.8 Å². The van der Waals surface area contributed by atoms with Crippen LogP contribution in [0.2, 0.25) is 0 Å². The Bertz CT molecular complexity index is 914. The number of benzene rings is 2. The van der Waals surface area contributed by atoms with Crippen molar-refractivity contribution >= 4 is 18.0 Å². The first-order valence-corrected chi connectivity index (χ1v) is 9.06. The molecule has 8 heteroatoms. The smallest absolute Gasteiger partial charge is 0.387 e. The molecule has 0 atom stereocenters. The molecule has 0 aromatic heterocycles. The van der Waals surface area contributed by atoms with Crippen molar-refractivity contribution < 1.29 is 32.6 Å². The van der Waals surface area contributed by atoms with Crippen LogP contribution in [0.1, 0.15) is 16.7 Å². The van der Waals surface area contributed by atoms with Gasteiger partial charge in [0.25, 0.3) is 5.91 Å². The fourth-order valence-corrected chi connectivity index (χ4v) is 2.57. The van der Waals surface area contributed by atoms with E-state index in [9.17, 15) is 18.4 Å². The van der Waals surface area contributed by atoms with Crippen LogP contribution < -0.4 is 9.47 Å². The molecule has 6 nitrogen and oxygen atoms in total. The Labute approximate surface area is 173 Å². The minimum Gasteiger partial charge on any atom is -0.493 e. The molecule has 0 radical (unpaired) electrons. The quantitative estimate of drug-likeness (QED) is 0.457.